The van der Waals surface area contributed by atoms with E-state index in [1.165, 1.54) is 42.6 Å². The summed E-state index contributed by atoms with van der Waals surface area (Å²) < 4.78 is 37.5. The number of esters is 2. The minimum absolute atomic E-state index is 0.0174. The topological polar surface area (TPSA) is 90.0 Å². The van der Waals surface area contributed by atoms with Gasteiger partial charge in [0.05, 0.1) is 23.3 Å². The van der Waals surface area contributed by atoms with Crippen LogP contribution in [0.1, 0.15) is 29.8 Å². The molecule has 1 aliphatic rings. The highest BCUT2D eigenvalue weighted by Crippen LogP contribution is 2.36. The Morgan fingerprint density at radius 3 is 2.57 bits per heavy atom. The molecule has 7 nitrogen and oxygen atoms in total. The van der Waals surface area contributed by atoms with Gasteiger partial charge in [0.25, 0.3) is 10.0 Å². The molecule has 1 aliphatic heterocycles. The van der Waals surface area contributed by atoms with Crippen LogP contribution in [0.15, 0.2) is 53.4 Å². The number of hydrogen-bond donors (Lipinski definition) is 0. The van der Waals surface area contributed by atoms with E-state index in [2.05, 4.69) is 4.74 Å². The molecular formula is C20H21NO6S. The van der Waals surface area contributed by atoms with Gasteiger partial charge in [-0.15, -0.1) is 0 Å². The van der Waals surface area contributed by atoms with E-state index >= 15 is 0 Å². The third-order valence-electron chi connectivity index (χ3n) is 4.59. The molecule has 0 fully saturated rings. The van der Waals surface area contributed by atoms with Gasteiger partial charge in [0.2, 0.25) is 0 Å². The maximum atomic E-state index is 13.3. The summed E-state index contributed by atoms with van der Waals surface area (Å²) in [5.41, 5.74) is 1.64. The van der Waals surface area contributed by atoms with Gasteiger partial charge in [0.15, 0.2) is 6.10 Å². The summed E-state index contributed by atoms with van der Waals surface area (Å²) in [6.45, 7) is 3.22. The number of ether oxygens (including phenoxy) is 2. The first-order chi connectivity index (χ1) is 13.3. The zero-order valence-electron chi connectivity index (χ0n) is 15.8. The van der Waals surface area contributed by atoms with E-state index in [0.717, 1.165) is 5.56 Å². The summed E-state index contributed by atoms with van der Waals surface area (Å²) >= 11 is 0. The predicted octanol–water partition coefficient (Wildman–Crippen LogP) is 2.54. The number of para-hydroxylation sites is 1. The maximum Gasteiger partial charge on any atom is 0.346 e. The van der Waals surface area contributed by atoms with Crippen LogP contribution in [0.4, 0.5) is 5.69 Å². The van der Waals surface area contributed by atoms with Gasteiger partial charge in [-0.3, -0.25) is 4.31 Å². The van der Waals surface area contributed by atoms with Gasteiger partial charge in [-0.2, -0.15) is 0 Å². The van der Waals surface area contributed by atoms with Crippen molar-refractivity contribution in [2.24, 2.45) is 0 Å². The molecule has 0 saturated carbocycles. The zero-order valence-corrected chi connectivity index (χ0v) is 16.6. The van der Waals surface area contributed by atoms with E-state index < -0.39 is 28.1 Å². The summed E-state index contributed by atoms with van der Waals surface area (Å²) in [4.78, 5) is 23.7. The van der Waals surface area contributed by atoms with Crippen molar-refractivity contribution >= 4 is 27.6 Å². The molecule has 0 bridgehead atoms. The molecule has 2 atom stereocenters. The molecule has 148 valence electrons. The molecule has 2 aromatic rings. The molecule has 0 saturated heterocycles. The highest BCUT2D eigenvalue weighted by Gasteiger charge is 2.36. The van der Waals surface area contributed by atoms with Crippen LogP contribution in [-0.2, 0) is 30.7 Å². The zero-order chi connectivity index (χ0) is 20.5. The molecule has 0 unspecified atom stereocenters. The van der Waals surface area contributed by atoms with E-state index in [-0.39, 0.29) is 16.5 Å². The van der Waals surface area contributed by atoms with Crippen molar-refractivity contribution in [3.05, 3.63) is 59.7 Å². The first kappa shape index (κ1) is 19.9. The number of carbonyl (C=O) groups is 2. The second-order valence-corrected chi connectivity index (χ2v) is 8.40. The van der Waals surface area contributed by atoms with Crippen molar-refractivity contribution in [2.45, 2.75) is 37.3 Å². The van der Waals surface area contributed by atoms with Crippen molar-refractivity contribution < 1.29 is 27.5 Å². The highest BCUT2D eigenvalue weighted by molar-refractivity contribution is 7.92. The van der Waals surface area contributed by atoms with Gasteiger partial charge < -0.3 is 9.47 Å². The fraction of sp³-hybridized carbons (Fsp3) is 0.300. The van der Waals surface area contributed by atoms with Gasteiger partial charge >= 0.3 is 11.9 Å². The molecule has 0 aliphatic carbocycles. The molecular weight excluding hydrogens is 382 g/mol. The van der Waals surface area contributed by atoms with Crippen LogP contribution in [-0.4, -0.2) is 39.6 Å². The summed E-state index contributed by atoms with van der Waals surface area (Å²) in [6, 6.07) is 12.7. The quantitative estimate of drug-likeness (QED) is 0.713. The Balaban J connectivity index is 1.91. The highest BCUT2D eigenvalue weighted by atomic mass is 32.2. The second-order valence-electron chi connectivity index (χ2n) is 6.58. The lowest BCUT2D eigenvalue weighted by Gasteiger charge is -2.24. The molecule has 0 amide bonds. The Labute approximate surface area is 163 Å². The van der Waals surface area contributed by atoms with Gasteiger partial charge in [0.1, 0.15) is 0 Å². The number of benzene rings is 2. The molecule has 2 aromatic carbocycles. The minimum atomic E-state index is -3.87. The van der Waals surface area contributed by atoms with Crippen LogP contribution in [0.3, 0.4) is 0 Å². The first-order valence-corrected chi connectivity index (χ1v) is 10.2. The number of methoxy groups -OCH3 is 1. The maximum absolute atomic E-state index is 13.3. The average Bonchev–Trinajstić information content (AvgIpc) is 3.03. The molecule has 3 rings (SSSR count). The van der Waals surface area contributed by atoms with Crippen molar-refractivity contribution in [1.29, 1.82) is 0 Å². The lowest BCUT2D eigenvalue weighted by molar-refractivity contribution is -0.149. The van der Waals surface area contributed by atoms with E-state index in [1.807, 2.05) is 19.1 Å². The Bertz CT molecular complexity index is 1020. The molecule has 28 heavy (non-hydrogen) atoms. The van der Waals surface area contributed by atoms with Gasteiger partial charge in [-0.05, 0) is 50.1 Å². The van der Waals surface area contributed by atoms with E-state index in [9.17, 15) is 18.0 Å². The molecule has 1 heterocycles. The first-order valence-electron chi connectivity index (χ1n) is 8.77. The minimum Gasteiger partial charge on any atom is -0.466 e. The molecule has 0 aromatic heterocycles. The predicted molar refractivity (Wildman–Crippen MR) is 103 cm³/mol. The van der Waals surface area contributed by atoms with E-state index in [1.54, 1.807) is 12.1 Å². The lowest BCUT2D eigenvalue weighted by atomic mass is 10.1. The Hall–Kier alpha value is -2.87. The Morgan fingerprint density at radius 1 is 1.14 bits per heavy atom. The summed E-state index contributed by atoms with van der Waals surface area (Å²) in [7, 11) is -2.68. The number of rotatable bonds is 5. The third-order valence-corrected chi connectivity index (χ3v) is 6.51. The number of fused-ring (bicyclic) bond motifs is 1. The van der Waals surface area contributed by atoms with Crippen LogP contribution in [0, 0.1) is 0 Å². The molecule has 0 radical (unpaired) electrons. The number of hydrogen-bond acceptors (Lipinski definition) is 6. The number of anilines is 1. The van der Waals surface area contributed by atoms with Crippen molar-refractivity contribution in [3.63, 3.8) is 0 Å². The number of sulfonamides is 1. The lowest BCUT2D eigenvalue weighted by Crippen LogP contribution is -2.35. The van der Waals surface area contributed by atoms with Gasteiger partial charge in [-0.1, -0.05) is 24.3 Å². The number of nitrogens with zero attached hydrogens (tertiary/aromatic N) is 1. The fourth-order valence-corrected chi connectivity index (χ4v) is 4.98. The smallest absolute Gasteiger partial charge is 0.346 e. The van der Waals surface area contributed by atoms with Crippen LogP contribution in [0.25, 0.3) is 0 Å². The van der Waals surface area contributed by atoms with Crippen LogP contribution in [0.2, 0.25) is 0 Å². The Morgan fingerprint density at radius 2 is 1.86 bits per heavy atom. The second kappa shape index (κ2) is 7.63. The summed E-state index contributed by atoms with van der Waals surface area (Å²) in [6.07, 6.45) is -0.475. The van der Waals surface area contributed by atoms with Crippen molar-refractivity contribution in [3.8, 4) is 0 Å². The van der Waals surface area contributed by atoms with Gasteiger partial charge in [-0.25, -0.2) is 18.0 Å². The fourth-order valence-electron chi connectivity index (χ4n) is 3.24. The molecule has 8 heteroatoms. The van der Waals surface area contributed by atoms with Crippen LogP contribution < -0.4 is 4.31 Å². The van der Waals surface area contributed by atoms with Crippen LogP contribution >= 0.6 is 0 Å². The SMILES string of the molecule is COC(=O)[C@@H](C)OC(=O)c1cccc(S(=O)(=O)N2c3ccccc3C[C@H]2C)c1. The normalized spacial score (nSPS) is 17.0. The Kier molecular flexibility index (Phi) is 5.42. The average molecular weight is 403 g/mol. The summed E-state index contributed by atoms with van der Waals surface area (Å²) in [5, 5.41) is 0. The van der Waals surface area contributed by atoms with Crippen LogP contribution in [0.5, 0.6) is 0 Å². The van der Waals surface area contributed by atoms with E-state index in [0.29, 0.717) is 12.1 Å². The largest absolute Gasteiger partial charge is 0.466 e. The van der Waals surface area contributed by atoms with E-state index in [4.69, 9.17) is 4.74 Å². The number of carbonyl (C=O) groups excluding carboxylic acids is 2. The standard InChI is InChI=1S/C20H21NO6S/c1-13-11-15-7-4-5-10-18(15)21(13)28(24,25)17-9-6-8-16(12-17)20(23)27-14(2)19(22)26-3/h4-10,12-14H,11H2,1-3H3/t13-,14-/m1/s1. The summed E-state index contributed by atoms with van der Waals surface area (Å²) in [5.74, 6) is -1.50. The molecule has 0 N–H and O–H groups in total. The third kappa shape index (κ3) is 3.60. The molecule has 0 spiro atoms. The van der Waals surface area contributed by atoms with Gasteiger partial charge in [0, 0.05) is 6.04 Å². The van der Waals surface area contributed by atoms with Crippen molar-refractivity contribution in [1.82, 2.24) is 0 Å². The van der Waals surface area contributed by atoms with Crippen molar-refractivity contribution in [2.75, 3.05) is 11.4 Å². The monoisotopic (exact) mass is 403 g/mol.